The summed E-state index contributed by atoms with van der Waals surface area (Å²) >= 11 is 0. The van der Waals surface area contributed by atoms with Gasteiger partial charge in [0.1, 0.15) is 0 Å². The molecule has 0 fully saturated rings. The standard InChI is InChI=1S/C8H12N2O3/c1-6-9-7(13-10-6)4-3-5-8(11)12-2/h3-5H2,1-2H3. The first-order valence-electron chi connectivity index (χ1n) is 4.08. The molecule has 1 aromatic rings. The van der Waals surface area contributed by atoms with Gasteiger partial charge in [-0.05, 0) is 13.3 Å². The molecule has 1 rings (SSSR count). The van der Waals surface area contributed by atoms with E-state index in [1.54, 1.807) is 6.92 Å². The van der Waals surface area contributed by atoms with Crippen LogP contribution in [0.1, 0.15) is 24.6 Å². The maximum absolute atomic E-state index is 10.7. The Hall–Kier alpha value is -1.39. The number of carbonyl (C=O) groups excluding carboxylic acids is 1. The Labute approximate surface area is 76.1 Å². The van der Waals surface area contributed by atoms with E-state index in [0.717, 1.165) is 0 Å². The molecule has 0 N–H and O–H groups in total. The third kappa shape index (κ3) is 3.23. The number of esters is 1. The molecule has 0 bridgehead atoms. The van der Waals surface area contributed by atoms with Gasteiger partial charge in [-0.15, -0.1) is 0 Å². The SMILES string of the molecule is COC(=O)CCCc1nc(C)no1. The van der Waals surface area contributed by atoms with Crippen LogP contribution in [0, 0.1) is 6.92 Å². The van der Waals surface area contributed by atoms with Crippen molar-refractivity contribution >= 4 is 5.97 Å². The van der Waals surface area contributed by atoms with Crippen molar-refractivity contribution in [1.29, 1.82) is 0 Å². The van der Waals surface area contributed by atoms with Gasteiger partial charge in [0.25, 0.3) is 0 Å². The Morgan fingerprint density at radius 3 is 2.92 bits per heavy atom. The van der Waals surface area contributed by atoms with Gasteiger partial charge in [-0.25, -0.2) is 0 Å². The van der Waals surface area contributed by atoms with E-state index in [4.69, 9.17) is 4.52 Å². The lowest BCUT2D eigenvalue weighted by Gasteiger charge is -1.95. The Balaban J connectivity index is 2.24. The number of rotatable bonds is 4. The van der Waals surface area contributed by atoms with Crippen molar-refractivity contribution in [1.82, 2.24) is 10.1 Å². The largest absolute Gasteiger partial charge is 0.469 e. The number of carbonyl (C=O) groups is 1. The summed E-state index contributed by atoms with van der Waals surface area (Å²) in [6.45, 7) is 1.76. The molecule has 5 nitrogen and oxygen atoms in total. The molecule has 0 aliphatic rings. The molecule has 0 aliphatic heterocycles. The lowest BCUT2D eigenvalue weighted by Crippen LogP contribution is -2.00. The molecule has 1 aromatic heterocycles. The van der Waals surface area contributed by atoms with Crippen molar-refractivity contribution in [3.05, 3.63) is 11.7 Å². The number of hydrogen-bond donors (Lipinski definition) is 0. The van der Waals surface area contributed by atoms with Gasteiger partial charge in [0.15, 0.2) is 5.82 Å². The monoisotopic (exact) mass is 184 g/mol. The number of methoxy groups -OCH3 is 1. The zero-order valence-corrected chi connectivity index (χ0v) is 7.74. The number of aryl methyl sites for hydroxylation is 2. The molecule has 0 spiro atoms. The third-order valence-electron chi connectivity index (χ3n) is 1.57. The van der Waals surface area contributed by atoms with Crippen molar-refractivity contribution in [3.8, 4) is 0 Å². The van der Waals surface area contributed by atoms with E-state index < -0.39 is 0 Å². The summed E-state index contributed by atoms with van der Waals surface area (Å²) in [5.74, 6) is 0.978. The van der Waals surface area contributed by atoms with Crippen LogP contribution in [0.4, 0.5) is 0 Å². The van der Waals surface area contributed by atoms with Gasteiger partial charge in [-0.1, -0.05) is 5.16 Å². The van der Waals surface area contributed by atoms with Crippen molar-refractivity contribution in [2.45, 2.75) is 26.2 Å². The average molecular weight is 184 g/mol. The number of ether oxygens (including phenoxy) is 1. The second-order valence-electron chi connectivity index (χ2n) is 2.67. The number of hydrogen-bond acceptors (Lipinski definition) is 5. The van der Waals surface area contributed by atoms with E-state index in [2.05, 4.69) is 14.9 Å². The lowest BCUT2D eigenvalue weighted by molar-refractivity contribution is -0.140. The van der Waals surface area contributed by atoms with E-state index in [1.807, 2.05) is 0 Å². The van der Waals surface area contributed by atoms with Crippen molar-refractivity contribution in [2.24, 2.45) is 0 Å². The van der Waals surface area contributed by atoms with Gasteiger partial charge in [0.05, 0.1) is 7.11 Å². The van der Waals surface area contributed by atoms with Crippen LogP contribution in [0.3, 0.4) is 0 Å². The Bertz CT molecular complexity index is 283. The Morgan fingerprint density at radius 1 is 1.62 bits per heavy atom. The van der Waals surface area contributed by atoms with Crippen LogP contribution in [-0.4, -0.2) is 23.2 Å². The molecule has 0 saturated carbocycles. The van der Waals surface area contributed by atoms with Crippen LogP contribution in [-0.2, 0) is 16.0 Å². The van der Waals surface area contributed by atoms with Crippen molar-refractivity contribution in [3.63, 3.8) is 0 Å². The van der Waals surface area contributed by atoms with Gasteiger partial charge >= 0.3 is 5.97 Å². The zero-order chi connectivity index (χ0) is 9.68. The number of nitrogens with zero attached hydrogens (tertiary/aromatic N) is 2. The molecule has 1 heterocycles. The van der Waals surface area contributed by atoms with Gasteiger partial charge in [0.2, 0.25) is 5.89 Å². The minimum absolute atomic E-state index is 0.212. The first-order chi connectivity index (χ1) is 6.22. The molecule has 0 atom stereocenters. The number of aromatic nitrogens is 2. The molecule has 0 radical (unpaired) electrons. The highest BCUT2D eigenvalue weighted by Gasteiger charge is 2.04. The van der Waals surface area contributed by atoms with E-state index in [9.17, 15) is 4.79 Å². The topological polar surface area (TPSA) is 65.2 Å². The van der Waals surface area contributed by atoms with E-state index >= 15 is 0 Å². The third-order valence-corrected chi connectivity index (χ3v) is 1.57. The fourth-order valence-electron chi connectivity index (χ4n) is 0.928. The minimum Gasteiger partial charge on any atom is -0.469 e. The Morgan fingerprint density at radius 2 is 2.38 bits per heavy atom. The molecule has 13 heavy (non-hydrogen) atoms. The lowest BCUT2D eigenvalue weighted by atomic mass is 10.2. The van der Waals surface area contributed by atoms with Crippen LogP contribution in [0.2, 0.25) is 0 Å². The molecular formula is C8H12N2O3. The highest BCUT2D eigenvalue weighted by Crippen LogP contribution is 2.02. The van der Waals surface area contributed by atoms with Crippen molar-refractivity contribution in [2.75, 3.05) is 7.11 Å². The predicted octanol–water partition coefficient (Wildman–Crippen LogP) is 0.874. The van der Waals surface area contributed by atoms with E-state index in [-0.39, 0.29) is 5.97 Å². The van der Waals surface area contributed by atoms with Crippen LogP contribution >= 0.6 is 0 Å². The molecule has 0 saturated heterocycles. The molecule has 0 aliphatic carbocycles. The summed E-state index contributed by atoms with van der Waals surface area (Å²) < 4.78 is 9.35. The fourth-order valence-corrected chi connectivity index (χ4v) is 0.928. The predicted molar refractivity (Wildman–Crippen MR) is 44.0 cm³/mol. The molecule has 0 aromatic carbocycles. The van der Waals surface area contributed by atoms with Gasteiger partial charge in [0, 0.05) is 12.8 Å². The summed E-state index contributed by atoms with van der Waals surface area (Å²) in [6, 6.07) is 0. The van der Waals surface area contributed by atoms with Crippen molar-refractivity contribution < 1.29 is 14.1 Å². The Kier molecular flexibility index (Phi) is 3.42. The average Bonchev–Trinajstić information content (AvgIpc) is 2.51. The molecular weight excluding hydrogens is 172 g/mol. The summed E-state index contributed by atoms with van der Waals surface area (Å²) in [6.07, 6.45) is 1.68. The second kappa shape index (κ2) is 4.59. The fraction of sp³-hybridized carbons (Fsp3) is 0.625. The van der Waals surface area contributed by atoms with Gasteiger partial charge < -0.3 is 9.26 Å². The molecule has 0 amide bonds. The van der Waals surface area contributed by atoms with Crippen LogP contribution < -0.4 is 0 Å². The second-order valence-corrected chi connectivity index (χ2v) is 2.67. The normalized spacial score (nSPS) is 10.0. The summed E-state index contributed by atoms with van der Waals surface area (Å²) in [5, 5.41) is 3.63. The quantitative estimate of drug-likeness (QED) is 0.649. The van der Waals surface area contributed by atoms with Gasteiger partial charge in [-0.3, -0.25) is 4.79 Å². The molecule has 5 heteroatoms. The molecule has 72 valence electrons. The summed E-state index contributed by atoms with van der Waals surface area (Å²) in [4.78, 5) is 14.7. The highest BCUT2D eigenvalue weighted by molar-refractivity contribution is 5.68. The maximum Gasteiger partial charge on any atom is 0.305 e. The summed E-state index contributed by atoms with van der Waals surface area (Å²) in [5.41, 5.74) is 0. The molecule has 0 unspecified atom stereocenters. The van der Waals surface area contributed by atoms with Crippen LogP contribution in [0.15, 0.2) is 4.52 Å². The maximum atomic E-state index is 10.7. The first-order valence-corrected chi connectivity index (χ1v) is 4.08. The summed E-state index contributed by atoms with van der Waals surface area (Å²) in [7, 11) is 1.37. The van der Waals surface area contributed by atoms with E-state index in [1.165, 1.54) is 7.11 Å². The first kappa shape index (κ1) is 9.70. The smallest absolute Gasteiger partial charge is 0.305 e. The van der Waals surface area contributed by atoms with Crippen LogP contribution in [0.5, 0.6) is 0 Å². The zero-order valence-electron chi connectivity index (χ0n) is 7.74. The highest BCUT2D eigenvalue weighted by atomic mass is 16.5. The minimum atomic E-state index is -0.212. The van der Waals surface area contributed by atoms with Gasteiger partial charge in [-0.2, -0.15) is 4.98 Å². The van der Waals surface area contributed by atoms with Crippen LogP contribution in [0.25, 0.3) is 0 Å². The van der Waals surface area contributed by atoms with E-state index in [0.29, 0.717) is 31.0 Å².